The molecular weight excluding hydrogens is 372 g/mol. The molecule has 1 aromatic carbocycles. The monoisotopic (exact) mass is 392 g/mol. The van der Waals surface area contributed by atoms with E-state index >= 15 is 0 Å². The highest BCUT2D eigenvalue weighted by Gasteiger charge is 2.16. The van der Waals surface area contributed by atoms with Crippen LogP contribution in [0.5, 0.6) is 0 Å². The minimum absolute atomic E-state index is 0.0864. The Kier molecular flexibility index (Phi) is 4.40. The fourth-order valence-corrected chi connectivity index (χ4v) is 4.38. The molecule has 0 unspecified atom stereocenters. The van der Waals surface area contributed by atoms with Gasteiger partial charge in [-0.15, -0.1) is 21.5 Å². The Labute approximate surface area is 165 Å². The highest BCUT2D eigenvalue weighted by molar-refractivity contribution is 7.17. The second-order valence-electron chi connectivity index (χ2n) is 6.98. The number of aromatic nitrogens is 5. The van der Waals surface area contributed by atoms with Gasteiger partial charge < -0.3 is 14.9 Å². The van der Waals surface area contributed by atoms with Crippen LogP contribution in [0.15, 0.2) is 40.5 Å². The summed E-state index contributed by atoms with van der Waals surface area (Å²) < 4.78 is 2.91. The summed E-state index contributed by atoms with van der Waals surface area (Å²) in [5.41, 5.74) is 2.65. The average Bonchev–Trinajstić information content (AvgIpc) is 3.28. The molecule has 2 N–H and O–H groups in total. The second kappa shape index (κ2) is 7.20. The van der Waals surface area contributed by atoms with Crippen LogP contribution in [-0.4, -0.2) is 24.7 Å². The van der Waals surface area contributed by atoms with Gasteiger partial charge in [0, 0.05) is 24.2 Å². The van der Waals surface area contributed by atoms with E-state index in [1.807, 2.05) is 23.6 Å². The number of hydrogen-bond acceptors (Lipinski definition) is 6. The number of aryl methyl sites for hydroxylation is 1. The van der Waals surface area contributed by atoms with Gasteiger partial charge in [-0.1, -0.05) is 18.6 Å². The average molecular weight is 392 g/mol. The van der Waals surface area contributed by atoms with Crippen molar-refractivity contribution in [3.05, 3.63) is 57.7 Å². The number of rotatable bonds is 4. The van der Waals surface area contributed by atoms with E-state index in [1.54, 1.807) is 0 Å². The van der Waals surface area contributed by atoms with Crippen LogP contribution < -0.4 is 10.9 Å². The van der Waals surface area contributed by atoms with Gasteiger partial charge in [0.15, 0.2) is 5.82 Å². The number of thiophene rings is 1. The van der Waals surface area contributed by atoms with Crippen molar-refractivity contribution in [2.45, 2.75) is 38.8 Å². The molecule has 142 valence electrons. The molecule has 0 fully saturated rings. The lowest BCUT2D eigenvalue weighted by molar-refractivity contribution is 0.636. The zero-order valence-corrected chi connectivity index (χ0v) is 16.1. The quantitative estimate of drug-likeness (QED) is 0.554. The lowest BCUT2D eigenvalue weighted by atomic mass is 10.2. The molecule has 7 nitrogen and oxygen atoms in total. The molecule has 4 aromatic rings. The standard InChI is InChI=1S/C20H20N6OS/c27-20-18-15(8-10-28-18)22-16(23-20)12-21-14-6-4-5-13(11-14)19-25-24-17-7-2-1-3-9-26(17)19/h4-6,8,10-11,21H,1-3,7,9,12H2,(H,22,23,27). The summed E-state index contributed by atoms with van der Waals surface area (Å²) in [6.07, 6.45) is 4.58. The predicted molar refractivity (Wildman–Crippen MR) is 111 cm³/mol. The third-order valence-corrected chi connectivity index (χ3v) is 5.96. The van der Waals surface area contributed by atoms with Crippen molar-refractivity contribution in [3.63, 3.8) is 0 Å². The Hall–Kier alpha value is -3.00. The largest absolute Gasteiger partial charge is 0.378 e. The van der Waals surface area contributed by atoms with Gasteiger partial charge in [0.05, 0.1) is 12.1 Å². The predicted octanol–water partition coefficient (Wildman–Crippen LogP) is 3.58. The Balaban J connectivity index is 1.39. The number of nitrogens with zero attached hydrogens (tertiary/aromatic N) is 4. The Morgan fingerprint density at radius 2 is 2.14 bits per heavy atom. The van der Waals surface area contributed by atoms with Crippen molar-refractivity contribution in [1.82, 2.24) is 24.7 Å². The summed E-state index contributed by atoms with van der Waals surface area (Å²) in [5, 5.41) is 14.1. The van der Waals surface area contributed by atoms with Crippen LogP contribution in [0, 0.1) is 0 Å². The molecule has 4 heterocycles. The SMILES string of the molecule is O=c1[nH]c(CNc2cccc(-c3nnc4n3CCCCC4)c2)nc2ccsc12. The first-order valence-corrected chi connectivity index (χ1v) is 10.4. The van der Waals surface area contributed by atoms with Gasteiger partial charge in [0.1, 0.15) is 16.3 Å². The lowest BCUT2D eigenvalue weighted by Gasteiger charge is -2.10. The van der Waals surface area contributed by atoms with Gasteiger partial charge in [-0.3, -0.25) is 4.79 Å². The van der Waals surface area contributed by atoms with Crippen LogP contribution in [0.1, 0.15) is 30.9 Å². The fraction of sp³-hybridized carbons (Fsp3) is 0.300. The first-order valence-electron chi connectivity index (χ1n) is 9.51. The van der Waals surface area contributed by atoms with Crippen LogP contribution in [0.25, 0.3) is 21.6 Å². The molecule has 0 aliphatic carbocycles. The zero-order chi connectivity index (χ0) is 18.9. The summed E-state index contributed by atoms with van der Waals surface area (Å²) in [6, 6.07) is 10.0. The molecule has 1 aliphatic heterocycles. The molecule has 28 heavy (non-hydrogen) atoms. The maximum absolute atomic E-state index is 12.1. The molecule has 0 bridgehead atoms. The van der Waals surface area contributed by atoms with Crippen LogP contribution in [0.3, 0.4) is 0 Å². The first kappa shape index (κ1) is 17.1. The van der Waals surface area contributed by atoms with E-state index in [1.165, 1.54) is 30.6 Å². The van der Waals surface area contributed by atoms with E-state index in [9.17, 15) is 4.79 Å². The van der Waals surface area contributed by atoms with Crippen LogP contribution in [-0.2, 0) is 19.5 Å². The van der Waals surface area contributed by atoms with Gasteiger partial charge in [0.25, 0.3) is 5.56 Å². The highest BCUT2D eigenvalue weighted by Crippen LogP contribution is 2.25. The maximum atomic E-state index is 12.1. The van der Waals surface area contributed by atoms with E-state index in [0.29, 0.717) is 17.1 Å². The number of fused-ring (bicyclic) bond motifs is 2. The molecule has 5 rings (SSSR count). The molecule has 0 spiro atoms. The number of anilines is 1. The maximum Gasteiger partial charge on any atom is 0.268 e. The number of aromatic amines is 1. The summed E-state index contributed by atoms with van der Waals surface area (Å²) in [6.45, 7) is 1.42. The Morgan fingerprint density at radius 1 is 1.18 bits per heavy atom. The third-order valence-electron chi connectivity index (χ3n) is 5.05. The zero-order valence-electron chi connectivity index (χ0n) is 15.3. The summed E-state index contributed by atoms with van der Waals surface area (Å²) in [5.74, 6) is 2.63. The normalized spacial score (nSPS) is 14.0. The molecule has 1 aliphatic rings. The topological polar surface area (TPSA) is 88.5 Å². The number of H-pyrrole nitrogens is 1. The van der Waals surface area contributed by atoms with E-state index in [0.717, 1.165) is 41.4 Å². The van der Waals surface area contributed by atoms with Crippen molar-refractivity contribution in [3.8, 4) is 11.4 Å². The fourth-order valence-electron chi connectivity index (χ4n) is 3.66. The molecule has 0 amide bonds. The Morgan fingerprint density at radius 3 is 3.11 bits per heavy atom. The first-order chi connectivity index (χ1) is 13.8. The van der Waals surface area contributed by atoms with Crippen LogP contribution in [0.4, 0.5) is 5.69 Å². The summed E-state index contributed by atoms with van der Waals surface area (Å²) >= 11 is 1.41. The van der Waals surface area contributed by atoms with Gasteiger partial charge in [-0.25, -0.2) is 4.98 Å². The van der Waals surface area contributed by atoms with Gasteiger partial charge in [-0.05, 0) is 36.4 Å². The molecular formula is C20H20N6OS. The third kappa shape index (κ3) is 3.20. The number of nitrogens with one attached hydrogen (secondary N) is 2. The molecule has 0 radical (unpaired) electrons. The minimum atomic E-state index is -0.0864. The van der Waals surface area contributed by atoms with Crippen molar-refractivity contribution < 1.29 is 0 Å². The highest BCUT2D eigenvalue weighted by atomic mass is 32.1. The van der Waals surface area contributed by atoms with Crippen LogP contribution >= 0.6 is 11.3 Å². The van der Waals surface area contributed by atoms with E-state index in [2.05, 4.69) is 42.2 Å². The summed E-state index contributed by atoms with van der Waals surface area (Å²) in [4.78, 5) is 19.5. The molecule has 8 heteroatoms. The second-order valence-corrected chi connectivity index (χ2v) is 7.90. The number of benzene rings is 1. The smallest absolute Gasteiger partial charge is 0.268 e. The van der Waals surface area contributed by atoms with Crippen LogP contribution in [0.2, 0.25) is 0 Å². The number of hydrogen-bond donors (Lipinski definition) is 2. The van der Waals surface area contributed by atoms with Gasteiger partial charge >= 0.3 is 0 Å². The van der Waals surface area contributed by atoms with Gasteiger partial charge in [0.2, 0.25) is 0 Å². The van der Waals surface area contributed by atoms with E-state index in [-0.39, 0.29) is 5.56 Å². The minimum Gasteiger partial charge on any atom is -0.378 e. The molecule has 0 saturated carbocycles. The van der Waals surface area contributed by atoms with Crippen molar-refractivity contribution >= 4 is 27.2 Å². The van der Waals surface area contributed by atoms with E-state index in [4.69, 9.17) is 0 Å². The van der Waals surface area contributed by atoms with Gasteiger partial charge in [-0.2, -0.15) is 0 Å². The summed E-state index contributed by atoms with van der Waals surface area (Å²) in [7, 11) is 0. The van der Waals surface area contributed by atoms with Crippen molar-refractivity contribution in [2.24, 2.45) is 0 Å². The van der Waals surface area contributed by atoms with Crippen molar-refractivity contribution in [2.75, 3.05) is 5.32 Å². The molecule has 0 saturated heterocycles. The lowest BCUT2D eigenvalue weighted by Crippen LogP contribution is -2.13. The molecule has 0 atom stereocenters. The molecule has 3 aromatic heterocycles. The van der Waals surface area contributed by atoms with Crippen molar-refractivity contribution in [1.29, 1.82) is 0 Å². The van der Waals surface area contributed by atoms with E-state index < -0.39 is 0 Å². The Bertz CT molecular complexity index is 1190.